The smallest absolute Gasteiger partial charge is 0.341 e. The first-order valence-electron chi connectivity index (χ1n) is 6.80. The summed E-state index contributed by atoms with van der Waals surface area (Å²) in [7, 11) is 1.20. The number of esters is 1. The summed E-state index contributed by atoms with van der Waals surface area (Å²) in [5.74, 6) is -2.09. The molecule has 0 radical (unpaired) electrons. The van der Waals surface area contributed by atoms with Crippen LogP contribution in [-0.2, 0) is 4.74 Å². The van der Waals surface area contributed by atoms with E-state index in [-0.39, 0.29) is 29.1 Å². The molecule has 22 heavy (non-hydrogen) atoms. The van der Waals surface area contributed by atoms with Crippen molar-refractivity contribution in [2.24, 2.45) is 0 Å². The SMILES string of the molecule is COC(=O)c1c(O)cc(O)c2c1C(c1ccccc1)CC2=O. The number of aromatic hydroxyl groups is 2. The minimum absolute atomic E-state index is 0.0602. The summed E-state index contributed by atoms with van der Waals surface area (Å²) in [6.45, 7) is 0. The van der Waals surface area contributed by atoms with Crippen LogP contribution in [0.4, 0.5) is 0 Å². The lowest BCUT2D eigenvalue weighted by atomic mass is 9.89. The molecule has 0 spiro atoms. The number of hydrogen-bond acceptors (Lipinski definition) is 5. The number of phenols is 2. The lowest BCUT2D eigenvalue weighted by Gasteiger charge is -2.16. The Bertz CT molecular complexity index is 764. The molecule has 0 aromatic heterocycles. The second kappa shape index (κ2) is 5.18. The molecule has 1 unspecified atom stereocenters. The molecule has 112 valence electrons. The van der Waals surface area contributed by atoms with Crippen molar-refractivity contribution in [2.75, 3.05) is 7.11 Å². The molecule has 5 nitrogen and oxygen atoms in total. The average Bonchev–Trinajstić information content (AvgIpc) is 2.85. The maximum Gasteiger partial charge on any atom is 0.341 e. The number of carbonyl (C=O) groups excluding carboxylic acids is 2. The Balaban J connectivity index is 2.29. The fourth-order valence-electron chi connectivity index (χ4n) is 2.99. The Morgan fingerprint density at radius 2 is 1.86 bits per heavy atom. The number of ether oxygens (including phenoxy) is 1. The highest BCUT2D eigenvalue weighted by atomic mass is 16.5. The summed E-state index contributed by atoms with van der Waals surface area (Å²) in [6, 6.07) is 10.2. The molecule has 5 heteroatoms. The molecule has 0 saturated heterocycles. The zero-order chi connectivity index (χ0) is 15.9. The summed E-state index contributed by atoms with van der Waals surface area (Å²) < 4.78 is 4.71. The van der Waals surface area contributed by atoms with E-state index in [4.69, 9.17) is 4.74 Å². The van der Waals surface area contributed by atoms with Gasteiger partial charge in [-0.2, -0.15) is 0 Å². The first-order chi connectivity index (χ1) is 10.5. The maximum atomic E-state index is 12.3. The predicted octanol–water partition coefficient (Wildman–Crippen LogP) is 2.60. The van der Waals surface area contributed by atoms with Crippen LogP contribution in [0.25, 0.3) is 0 Å². The molecule has 2 N–H and O–H groups in total. The number of phenolic OH excluding ortho intramolecular Hbond substituents is 2. The number of Topliss-reactive ketones (excluding diaryl/α,β-unsaturated/α-hetero) is 1. The molecule has 2 aromatic carbocycles. The Kier molecular flexibility index (Phi) is 3.33. The molecule has 0 aliphatic heterocycles. The van der Waals surface area contributed by atoms with E-state index in [0.717, 1.165) is 11.6 Å². The molecule has 0 heterocycles. The van der Waals surface area contributed by atoms with Crippen LogP contribution in [-0.4, -0.2) is 29.1 Å². The highest BCUT2D eigenvalue weighted by Crippen LogP contribution is 2.46. The second-order valence-electron chi connectivity index (χ2n) is 5.16. The maximum absolute atomic E-state index is 12.3. The highest BCUT2D eigenvalue weighted by Gasteiger charge is 2.38. The monoisotopic (exact) mass is 298 g/mol. The van der Waals surface area contributed by atoms with Gasteiger partial charge in [0, 0.05) is 18.4 Å². The van der Waals surface area contributed by atoms with Gasteiger partial charge in [-0.05, 0) is 11.1 Å². The first kappa shape index (κ1) is 14.1. The molecule has 1 atom stereocenters. The summed E-state index contributed by atoms with van der Waals surface area (Å²) in [4.78, 5) is 24.3. The quantitative estimate of drug-likeness (QED) is 0.833. The summed E-state index contributed by atoms with van der Waals surface area (Å²) in [5.41, 5.74) is 1.20. The van der Waals surface area contributed by atoms with E-state index in [9.17, 15) is 19.8 Å². The Hall–Kier alpha value is -2.82. The third-order valence-electron chi connectivity index (χ3n) is 3.93. The van der Waals surface area contributed by atoms with Gasteiger partial charge >= 0.3 is 5.97 Å². The van der Waals surface area contributed by atoms with Crippen LogP contribution < -0.4 is 0 Å². The molecule has 3 rings (SSSR count). The van der Waals surface area contributed by atoms with E-state index < -0.39 is 17.6 Å². The van der Waals surface area contributed by atoms with Gasteiger partial charge in [0.2, 0.25) is 0 Å². The number of fused-ring (bicyclic) bond motifs is 1. The van der Waals surface area contributed by atoms with Gasteiger partial charge in [-0.3, -0.25) is 4.79 Å². The van der Waals surface area contributed by atoms with Crippen molar-refractivity contribution >= 4 is 11.8 Å². The van der Waals surface area contributed by atoms with Crippen LogP contribution in [0.15, 0.2) is 36.4 Å². The van der Waals surface area contributed by atoms with Crippen molar-refractivity contribution in [1.29, 1.82) is 0 Å². The van der Waals surface area contributed by atoms with Crippen molar-refractivity contribution in [3.63, 3.8) is 0 Å². The summed E-state index contributed by atoms with van der Waals surface area (Å²) >= 11 is 0. The van der Waals surface area contributed by atoms with Crippen molar-refractivity contribution in [1.82, 2.24) is 0 Å². The zero-order valence-corrected chi connectivity index (χ0v) is 11.9. The lowest BCUT2D eigenvalue weighted by molar-refractivity contribution is 0.0596. The second-order valence-corrected chi connectivity index (χ2v) is 5.16. The molecule has 0 amide bonds. The largest absolute Gasteiger partial charge is 0.507 e. The van der Waals surface area contributed by atoms with Gasteiger partial charge in [0.05, 0.1) is 12.7 Å². The van der Waals surface area contributed by atoms with Gasteiger partial charge in [-0.25, -0.2) is 4.79 Å². The van der Waals surface area contributed by atoms with E-state index in [1.165, 1.54) is 7.11 Å². The number of carbonyl (C=O) groups is 2. The Labute approximate surface area is 126 Å². The Morgan fingerprint density at radius 1 is 1.18 bits per heavy atom. The van der Waals surface area contributed by atoms with Crippen LogP contribution in [0.3, 0.4) is 0 Å². The van der Waals surface area contributed by atoms with E-state index in [1.807, 2.05) is 30.3 Å². The molecule has 0 saturated carbocycles. The molecule has 0 bridgehead atoms. The minimum atomic E-state index is -0.732. The molecule has 0 fully saturated rings. The van der Waals surface area contributed by atoms with Crippen LogP contribution in [0, 0.1) is 0 Å². The standard InChI is InChI=1S/C17H14O5/c1-22-17(21)16-13(20)8-12(19)15-11(18)7-10(14(15)16)9-5-3-2-4-6-9/h2-6,8,10,19-20H,7H2,1H3. The fraction of sp³-hybridized carbons (Fsp3) is 0.176. The van der Waals surface area contributed by atoms with Gasteiger partial charge in [0.15, 0.2) is 5.78 Å². The number of methoxy groups -OCH3 is 1. The van der Waals surface area contributed by atoms with Crippen molar-refractivity contribution in [2.45, 2.75) is 12.3 Å². The normalized spacial score (nSPS) is 16.4. The van der Waals surface area contributed by atoms with Crippen LogP contribution in [0.2, 0.25) is 0 Å². The molecular formula is C17H14O5. The number of hydrogen-bond donors (Lipinski definition) is 2. The summed E-state index contributed by atoms with van der Waals surface area (Å²) in [5, 5.41) is 20.0. The summed E-state index contributed by atoms with van der Waals surface area (Å²) in [6.07, 6.45) is 0.139. The van der Waals surface area contributed by atoms with Crippen LogP contribution in [0.1, 0.15) is 44.2 Å². The zero-order valence-electron chi connectivity index (χ0n) is 11.9. The van der Waals surface area contributed by atoms with Crippen molar-refractivity contribution < 1.29 is 24.5 Å². The van der Waals surface area contributed by atoms with Crippen molar-refractivity contribution in [3.05, 3.63) is 58.7 Å². The van der Waals surface area contributed by atoms with Crippen LogP contribution in [0.5, 0.6) is 11.5 Å². The number of benzene rings is 2. The third-order valence-corrected chi connectivity index (χ3v) is 3.93. The van der Waals surface area contributed by atoms with Gasteiger partial charge in [-0.15, -0.1) is 0 Å². The fourth-order valence-corrected chi connectivity index (χ4v) is 2.99. The average molecular weight is 298 g/mol. The minimum Gasteiger partial charge on any atom is -0.507 e. The first-order valence-corrected chi connectivity index (χ1v) is 6.80. The topological polar surface area (TPSA) is 83.8 Å². The van der Waals surface area contributed by atoms with Gasteiger partial charge in [0.1, 0.15) is 17.1 Å². The molecule has 2 aromatic rings. The Morgan fingerprint density at radius 3 is 2.50 bits per heavy atom. The molecule has 1 aliphatic carbocycles. The molecular weight excluding hydrogens is 284 g/mol. The van der Waals surface area contributed by atoms with Gasteiger partial charge in [-0.1, -0.05) is 30.3 Å². The highest BCUT2D eigenvalue weighted by molar-refractivity contribution is 6.09. The van der Waals surface area contributed by atoms with E-state index in [2.05, 4.69) is 0 Å². The van der Waals surface area contributed by atoms with Crippen molar-refractivity contribution in [3.8, 4) is 11.5 Å². The predicted molar refractivity (Wildman–Crippen MR) is 78.3 cm³/mol. The van der Waals surface area contributed by atoms with Crippen LogP contribution >= 0.6 is 0 Å². The van der Waals surface area contributed by atoms with Gasteiger partial charge in [0.25, 0.3) is 0 Å². The van der Waals surface area contributed by atoms with Gasteiger partial charge < -0.3 is 14.9 Å². The number of ketones is 1. The van der Waals surface area contributed by atoms with E-state index >= 15 is 0 Å². The van der Waals surface area contributed by atoms with E-state index in [1.54, 1.807) is 0 Å². The number of rotatable bonds is 2. The lowest BCUT2D eigenvalue weighted by Crippen LogP contribution is -2.09. The third kappa shape index (κ3) is 2.02. The van der Waals surface area contributed by atoms with E-state index in [0.29, 0.717) is 5.56 Å². The molecule has 1 aliphatic rings.